The second kappa shape index (κ2) is 7.21. The summed E-state index contributed by atoms with van der Waals surface area (Å²) in [5.41, 5.74) is 1.21. The molecule has 0 fully saturated rings. The third-order valence-electron chi connectivity index (χ3n) is 3.72. The number of benzene rings is 2. The van der Waals surface area contributed by atoms with E-state index in [0.29, 0.717) is 35.1 Å². The number of nitrogens with zero attached hydrogens (tertiary/aromatic N) is 1. The van der Waals surface area contributed by atoms with Crippen LogP contribution in [0.15, 0.2) is 57.9 Å². The molecule has 0 aliphatic carbocycles. The van der Waals surface area contributed by atoms with E-state index < -0.39 is 9.84 Å². The topological polar surface area (TPSA) is 78.6 Å². The number of rotatable bonds is 6. The van der Waals surface area contributed by atoms with Gasteiger partial charge in [0.25, 0.3) is 0 Å². The van der Waals surface area contributed by atoms with Crippen molar-refractivity contribution < 1.29 is 22.4 Å². The first-order valence-corrected chi connectivity index (χ1v) is 9.95. The molecule has 0 spiro atoms. The van der Waals surface area contributed by atoms with E-state index in [0.717, 1.165) is 5.75 Å². The van der Waals surface area contributed by atoms with Crippen molar-refractivity contribution in [1.29, 1.82) is 0 Å². The number of sulfone groups is 1. The Morgan fingerprint density at radius 1 is 1.00 bits per heavy atom. The van der Waals surface area contributed by atoms with Crippen molar-refractivity contribution in [3.8, 4) is 28.5 Å². The highest BCUT2D eigenvalue weighted by molar-refractivity contribution is 7.90. The van der Waals surface area contributed by atoms with Gasteiger partial charge in [-0.2, -0.15) is 0 Å². The quantitative estimate of drug-likeness (QED) is 0.643. The van der Waals surface area contributed by atoms with Crippen LogP contribution in [-0.4, -0.2) is 26.4 Å². The molecule has 0 radical (unpaired) electrons. The van der Waals surface area contributed by atoms with Gasteiger partial charge in [0.2, 0.25) is 0 Å². The second-order valence-corrected chi connectivity index (χ2v) is 7.74. The van der Waals surface area contributed by atoms with E-state index in [9.17, 15) is 8.42 Å². The smallest absolute Gasteiger partial charge is 0.197 e. The summed E-state index contributed by atoms with van der Waals surface area (Å²) >= 11 is 0. The molecule has 2 aromatic carbocycles. The first-order valence-electron chi connectivity index (χ1n) is 8.06. The van der Waals surface area contributed by atoms with Gasteiger partial charge < -0.3 is 14.0 Å². The third kappa shape index (κ3) is 3.88. The first kappa shape index (κ1) is 18.0. The van der Waals surface area contributed by atoms with Crippen molar-refractivity contribution in [3.63, 3.8) is 0 Å². The zero-order valence-corrected chi connectivity index (χ0v) is 15.5. The molecule has 0 N–H and O–H groups in total. The maximum atomic E-state index is 11.6. The molecule has 0 bridgehead atoms. The van der Waals surface area contributed by atoms with Gasteiger partial charge in [-0.3, -0.25) is 0 Å². The lowest BCUT2D eigenvalue weighted by Crippen LogP contribution is -1.96. The molecule has 0 aliphatic heterocycles. The fourth-order valence-corrected chi connectivity index (χ4v) is 3.05. The number of hydrogen-bond donors (Lipinski definition) is 0. The minimum Gasteiger partial charge on any atom is -0.494 e. The molecular formula is C19H19NO5S. The highest BCUT2D eigenvalue weighted by Crippen LogP contribution is 2.36. The van der Waals surface area contributed by atoms with E-state index in [4.69, 9.17) is 14.0 Å². The van der Waals surface area contributed by atoms with Crippen LogP contribution in [0.1, 0.15) is 12.7 Å². The predicted molar refractivity (Wildman–Crippen MR) is 97.5 cm³/mol. The third-order valence-corrected chi connectivity index (χ3v) is 4.85. The fourth-order valence-electron chi connectivity index (χ4n) is 2.42. The molecule has 7 heteroatoms. The van der Waals surface area contributed by atoms with Gasteiger partial charge in [-0.15, -0.1) is 0 Å². The number of aryl methyl sites for hydroxylation is 1. The molecule has 0 amide bonds. The molecule has 1 heterocycles. The highest BCUT2D eigenvalue weighted by atomic mass is 32.2. The molecule has 0 saturated heterocycles. The largest absolute Gasteiger partial charge is 0.494 e. The Hall–Kier alpha value is -2.80. The summed E-state index contributed by atoms with van der Waals surface area (Å²) < 4.78 is 39.8. The Labute approximate surface area is 152 Å². The monoisotopic (exact) mass is 373 g/mol. The minimum absolute atomic E-state index is 0.246. The second-order valence-electron chi connectivity index (χ2n) is 5.72. The van der Waals surface area contributed by atoms with Gasteiger partial charge in [0.1, 0.15) is 11.5 Å². The van der Waals surface area contributed by atoms with E-state index in [1.54, 1.807) is 31.2 Å². The summed E-state index contributed by atoms with van der Waals surface area (Å²) in [6.45, 7) is 4.27. The van der Waals surface area contributed by atoms with Crippen LogP contribution in [0.3, 0.4) is 0 Å². The van der Waals surface area contributed by atoms with Crippen molar-refractivity contribution >= 4 is 9.84 Å². The van der Waals surface area contributed by atoms with E-state index >= 15 is 0 Å². The van der Waals surface area contributed by atoms with Gasteiger partial charge in [0.05, 0.1) is 11.5 Å². The standard InChI is InChI=1S/C19H19NO5S/c1-4-23-15-7-9-16(10-8-15)24-19-13(2)25-20-18(19)14-5-11-17(12-6-14)26(3,21)22/h5-12H,4H2,1-3H3. The van der Waals surface area contributed by atoms with Crippen molar-refractivity contribution in [2.75, 3.05) is 12.9 Å². The molecule has 3 aromatic rings. The maximum Gasteiger partial charge on any atom is 0.197 e. The number of ether oxygens (including phenoxy) is 2. The summed E-state index contributed by atoms with van der Waals surface area (Å²) in [6.07, 6.45) is 1.17. The molecule has 0 unspecified atom stereocenters. The van der Waals surface area contributed by atoms with Crippen LogP contribution < -0.4 is 9.47 Å². The van der Waals surface area contributed by atoms with Crippen LogP contribution >= 0.6 is 0 Å². The van der Waals surface area contributed by atoms with E-state index in [1.807, 2.05) is 19.1 Å². The molecule has 3 rings (SSSR count). The number of hydrogen-bond acceptors (Lipinski definition) is 6. The van der Waals surface area contributed by atoms with Crippen molar-refractivity contribution in [2.45, 2.75) is 18.7 Å². The zero-order valence-electron chi connectivity index (χ0n) is 14.7. The van der Waals surface area contributed by atoms with Crippen LogP contribution in [0.2, 0.25) is 0 Å². The molecule has 1 aromatic heterocycles. The summed E-state index contributed by atoms with van der Waals surface area (Å²) in [7, 11) is -3.25. The van der Waals surface area contributed by atoms with Crippen molar-refractivity contribution in [3.05, 3.63) is 54.3 Å². The number of aromatic nitrogens is 1. The molecule has 0 saturated carbocycles. The Kier molecular flexibility index (Phi) is 4.99. The fraction of sp³-hybridized carbons (Fsp3) is 0.211. The molecule has 26 heavy (non-hydrogen) atoms. The first-order chi connectivity index (χ1) is 12.4. The maximum absolute atomic E-state index is 11.6. The van der Waals surface area contributed by atoms with Crippen LogP contribution in [0.5, 0.6) is 17.2 Å². The van der Waals surface area contributed by atoms with Crippen LogP contribution in [-0.2, 0) is 9.84 Å². The average Bonchev–Trinajstić information content (AvgIpc) is 2.97. The van der Waals surface area contributed by atoms with E-state index in [2.05, 4.69) is 5.16 Å². The lowest BCUT2D eigenvalue weighted by Gasteiger charge is -2.08. The average molecular weight is 373 g/mol. The normalized spacial score (nSPS) is 11.3. The van der Waals surface area contributed by atoms with Gasteiger partial charge in [0, 0.05) is 18.7 Å². The van der Waals surface area contributed by atoms with Gasteiger partial charge in [-0.05, 0) is 43.3 Å². The summed E-state index contributed by atoms with van der Waals surface area (Å²) in [5, 5.41) is 4.05. The van der Waals surface area contributed by atoms with Crippen LogP contribution in [0.4, 0.5) is 0 Å². The molecule has 136 valence electrons. The lowest BCUT2D eigenvalue weighted by molar-refractivity contribution is 0.339. The Balaban J connectivity index is 1.89. The summed E-state index contributed by atoms with van der Waals surface area (Å²) in [5.74, 6) is 2.40. The summed E-state index contributed by atoms with van der Waals surface area (Å²) in [4.78, 5) is 0.246. The van der Waals surface area contributed by atoms with Crippen LogP contribution in [0.25, 0.3) is 11.3 Å². The summed E-state index contributed by atoms with van der Waals surface area (Å²) in [6, 6.07) is 13.7. The van der Waals surface area contributed by atoms with E-state index in [1.165, 1.54) is 18.4 Å². The zero-order chi connectivity index (χ0) is 18.7. The molecule has 0 atom stereocenters. The predicted octanol–water partition coefficient (Wildman–Crippen LogP) is 4.24. The van der Waals surface area contributed by atoms with Gasteiger partial charge in [-0.25, -0.2) is 8.42 Å². The van der Waals surface area contributed by atoms with Crippen molar-refractivity contribution in [2.24, 2.45) is 0 Å². The SMILES string of the molecule is CCOc1ccc(Oc2c(-c3ccc(S(C)(=O)=O)cc3)noc2C)cc1. The Morgan fingerprint density at radius 3 is 2.19 bits per heavy atom. The Bertz CT molecular complexity index is 989. The van der Waals surface area contributed by atoms with Gasteiger partial charge in [0.15, 0.2) is 27.0 Å². The minimum atomic E-state index is -3.25. The van der Waals surface area contributed by atoms with Gasteiger partial charge in [-0.1, -0.05) is 17.3 Å². The molecular weight excluding hydrogens is 354 g/mol. The lowest BCUT2D eigenvalue weighted by atomic mass is 10.1. The van der Waals surface area contributed by atoms with Gasteiger partial charge >= 0.3 is 0 Å². The molecule has 0 aliphatic rings. The van der Waals surface area contributed by atoms with E-state index in [-0.39, 0.29) is 4.90 Å². The van der Waals surface area contributed by atoms with Crippen LogP contribution in [0, 0.1) is 6.92 Å². The molecule has 6 nitrogen and oxygen atoms in total. The van der Waals surface area contributed by atoms with Crippen molar-refractivity contribution in [1.82, 2.24) is 5.16 Å². The Morgan fingerprint density at radius 2 is 1.62 bits per heavy atom. The highest BCUT2D eigenvalue weighted by Gasteiger charge is 2.18.